The lowest BCUT2D eigenvalue weighted by Gasteiger charge is -2.32. The maximum absolute atomic E-state index is 13.2. The summed E-state index contributed by atoms with van der Waals surface area (Å²) in [5.74, 6) is -1.39. The highest BCUT2D eigenvalue weighted by Gasteiger charge is 2.48. The zero-order valence-corrected chi connectivity index (χ0v) is 15.7. The van der Waals surface area contributed by atoms with Crippen LogP contribution in [0.4, 0.5) is 4.39 Å². The predicted molar refractivity (Wildman–Crippen MR) is 98.2 cm³/mol. The highest BCUT2D eigenvalue weighted by Crippen LogP contribution is 2.40. The van der Waals surface area contributed by atoms with Crippen molar-refractivity contribution in [2.24, 2.45) is 5.92 Å². The molecule has 1 saturated heterocycles. The van der Waals surface area contributed by atoms with Crippen molar-refractivity contribution in [2.75, 3.05) is 0 Å². The molecule has 1 aromatic carbocycles. The van der Waals surface area contributed by atoms with Crippen LogP contribution in [-0.4, -0.2) is 49.0 Å². The molecule has 1 amide bonds. The molecule has 0 radical (unpaired) electrons. The number of fused-ring (bicyclic) bond motifs is 1. The maximum Gasteiger partial charge on any atom is 0.326 e. The number of carbonyl (C=O) groups excluding carboxylic acids is 1. The minimum atomic E-state index is -0.959. The summed E-state index contributed by atoms with van der Waals surface area (Å²) in [4.78, 5) is 26.6. The normalized spacial score (nSPS) is 24.2. The molecular weight excluding hydrogens is 363 g/mol. The van der Waals surface area contributed by atoms with E-state index in [-0.39, 0.29) is 29.4 Å². The third-order valence-electron chi connectivity index (χ3n) is 6.04. The Morgan fingerprint density at radius 1 is 1.21 bits per heavy atom. The van der Waals surface area contributed by atoms with Crippen LogP contribution in [0, 0.1) is 18.7 Å². The van der Waals surface area contributed by atoms with E-state index in [9.17, 15) is 19.1 Å². The minimum Gasteiger partial charge on any atom is -0.480 e. The van der Waals surface area contributed by atoms with Crippen LogP contribution in [-0.2, 0) is 11.3 Å². The third kappa shape index (κ3) is 3.27. The number of amides is 1. The molecule has 2 aliphatic rings. The Balaban J connectivity index is 1.59. The number of carboxylic acid groups (broad SMARTS) is 1. The van der Waals surface area contributed by atoms with Crippen LogP contribution in [0.25, 0.3) is 0 Å². The fourth-order valence-corrected chi connectivity index (χ4v) is 4.57. The van der Waals surface area contributed by atoms with Crippen molar-refractivity contribution < 1.29 is 19.1 Å². The summed E-state index contributed by atoms with van der Waals surface area (Å²) in [6.07, 6.45) is 4.40. The van der Waals surface area contributed by atoms with Crippen molar-refractivity contribution in [1.82, 2.24) is 19.9 Å². The second kappa shape index (κ2) is 7.33. The van der Waals surface area contributed by atoms with Crippen LogP contribution >= 0.6 is 0 Å². The lowest BCUT2D eigenvalue weighted by molar-refractivity contribution is -0.141. The molecule has 2 fully saturated rings. The van der Waals surface area contributed by atoms with Crippen molar-refractivity contribution >= 4 is 11.9 Å². The Kier molecular flexibility index (Phi) is 4.87. The summed E-state index contributed by atoms with van der Waals surface area (Å²) in [5.41, 5.74) is 1.61. The van der Waals surface area contributed by atoms with E-state index in [1.165, 1.54) is 17.0 Å². The number of aliphatic carboxylic acids is 1. The number of hydrogen-bond donors (Lipinski definition) is 1. The maximum atomic E-state index is 13.2. The van der Waals surface area contributed by atoms with E-state index < -0.39 is 12.0 Å². The molecule has 28 heavy (non-hydrogen) atoms. The zero-order chi connectivity index (χ0) is 19.8. The number of carbonyl (C=O) groups is 2. The van der Waals surface area contributed by atoms with Gasteiger partial charge in [-0.05, 0) is 49.8 Å². The lowest BCUT2D eigenvalue weighted by atomic mass is 9.84. The fourth-order valence-electron chi connectivity index (χ4n) is 4.57. The van der Waals surface area contributed by atoms with E-state index >= 15 is 0 Å². The van der Waals surface area contributed by atoms with Crippen LogP contribution in [0.1, 0.15) is 53.8 Å². The van der Waals surface area contributed by atoms with Crippen molar-refractivity contribution in [2.45, 2.75) is 57.7 Å². The molecule has 7 nitrogen and oxygen atoms in total. The molecule has 148 valence electrons. The summed E-state index contributed by atoms with van der Waals surface area (Å²) in [5, 5.41) is 17.8. The molecule has 4 rings (SSSR count). The van der Waals surface area contributed by atoms with E-state index in [2.05, 4.69) is 10.3 Å². The monoisotopic (exact) mass is 386 g/mol. The summed E-state index contributed by atoms with van der Waals surface area (Å²) in [6, 6.07) is 5.22. The molecule has 8 heteroatoms. The van der Waals surface area contributed by atoms with Gasteiger partial charge >= 0.3 is 5.97 Å². The van der Waals surface area contributed by atoms with E-state index in [4.69, 9.17) is 0 Å². The molecule has 1 aliphatic carbocycles. The van der Waals surface area contributed by atoms with Gasteiger partial charge in [0.15, 0.2) is 5.69 Å². The lowest BCUT2D eigenvalue weighted by Crippen LogP contribution is -2.46. The summed E-state index contributed by atoms with van der Waals surface area (Å²) >= 11 is 0. The van der Waals surface area contributed by atoms with Gasteiger partial charge in [-0.1, -0.05) is 30.2 Å². The van der Waals surface area contributed by atoms with Crippen LogP contribution in [0.2, 0.25) is 0 Å². The SMILES string of the molecule is Cc1c(C(=O)N2C(C(=O)O)CC3CCCCC32)nnn1Cc1ccc(F)cc1. The molecule has 3 atom stereocenters. The van der Waals surface area contributed by atoms with Gasteiger partial charge < -0.3 is 10.0 Å². The van der Waals surface area contributed by atoms with Gasteiger partial charge in [-0.2, -0.15) is 0 Å². The quantitative estimate of drug-likeness (QED) is 0.873. The van der Waals surface area contributed by atoms with Crippen LogP contribution < -0.4 is 0 Å². The molecule has 3 unspecified atom stereocenters. The van der Waals surface area contributed by atoms with Crippen LogP contribution in [0.15, 0.2) is 24.3 Å². The molecular formula is C20H23FN4O3. The number of rotatable bonds is 4. The second-order valence-corrected chi connectivity index (χ2v) is 7.72. The van der Waals surface area contributed by atoms with Crippen molar-refractivity contribution in [3.63, 3.8) is 0 Å². The molecule has 1 N–H and O–H groups in total. The van der Waals surface area contributed by atoms with Gasteiger partial charge in [-0.25, -0.2) is 13.9 Å². The molecule has 0 bridgehead atoms. The first kappa shape index (κ1) is 18.6. The zero-order valence-electron chi connectivity index (χ0n) is 15.7. The van der Waals surface area contributed by atoms with Gasteiger partial charge in [0.05, 0.1) is 12.2 Å². The smallest absolute Gasteiger partial charge is 0.326 e. The highest BCUT2D eigenvalue weighted by atomic mass is 19.1. The van der Waals surface area contributed by atoms with E-state index in [1.807, 2.05) is 0 Å². The molecule has 2 heterocycles. The Bertz CT molecular complexity index is 895. The fraction of sp³-hybridized carbons (Fsp3) is 0.500. The number of hydrogen-bond acceptors (Lipinski definition) is 4. The number of halogens is 1. The first-order valence-electron chi connectivity index (χ1n) is 9.65. The van der Waals surface area contributed by atoms with Crippen molar-refractivity contribution in [3.05, 3.63) is 47.0 Å². The van der Waals surface area contributed by atoms with Crippen molar-refractivity contribution in [1.29, 1.82) is 0 Å². The van der Waals surface area contributed by atoms with Gasteiger partial charge in [0.25, 0.3) is 5.91 Å². The van der Waals surface area contributed by atoms with E-state index in [0.717, 1.165) is 31.2 Å². The Morgan fingerprint density at radius 3 is 2.64 bits per heavy atom. The van der Waals surface area contributed by atoms with Gasteiger partial charge in [-0.3, -0.25) is 4.79 Å². The van der Waals surface area contributed by atoms with Crippen molar-refractivity contribution in [3.8, 4) is 0 Å². The molecule has 2 aromatic rings. The first-order chi connectivity index (χ1) is 13.5. The average Bonchev–Trinajstić information content (AvgIpc) is 3.24. The van der Waals surface area contributed by atoms with Gasteiger partial charge in [0.2, 0.25) is 0 Å². The van der Waals surface area contributed by atoms with Crippen LogP contribution in [0.5, 0.6) is 0 Å². The summed E-state index contributed by atoms with van der Waals surface area (Å²) in [7, 11) is 0. The molecule has 1 saturated carbocycles. The van der Waals surface area contributed by atoms with E-state index in [1.54, 1.807) is 23.7 Å². The average molecular weight is 386 g/mol. The minimum absolute atomic E-state index is 0.0380. The van der Waals surface area contributed by atoms with E-state index in [0.29, 0.717) is 18.7 Å². The van der Waals surface area contributed by atoms with Gasteiger partial charge in [-0.15, -0.1) is 5.10 Å². The second-order valence-electron chi connectivity index (χ2n) is 7.72. The number of aromatic nitrogens is 3. The largest absolute Gasteiger partial charge is 0.480 e. The number of carboxylic acids is 1. The number of benzene rings is 1. The summed E-state index contributed by atoms with van der Waals surface area (Å²) < 4.78 is 14.7. The topological polar surface area (TPSA) is 88.3 Å². The molecule has 1 aromatic heterocycles. The molecule has 1 aliphatic heterocycles. The highest BCUT2D eigenvalue weighted by molar-refractivity contribution is 5.96. The Labute approximate surface area is 162 Å². The summed E-state index contributed by atoms with van der Waals surface area (Å²) in [6.45, 7) is 2.11. The Morgan fingerprint density at radius 2 is 1.93 bits per heavy atom. The predicted octanol–water partition coefficient (Wildman–Crippen LogP) is 2.63. The number of nitrogens with zero attached hydrogens (tertiary/aromatic N) is 4. The first-order valence-corrected chi connectivity index (χ1v) is 9.65. The van der Waals surface area contributed by atoms with Gasteiger partial charge in [0.1, 0.15) is 11.9 Å². The third-order valence-corrected chi connectivity index (χ3v) is 6.04. The van der Waals surface area contributed by atoms with Crippen LogP contribution in [0.3, 0.4) is 0 Å². The number of likely N-dealkylation sites (tertiary alicyclic amines) is 1. The van der Waals surface area contributed by atoms with Gasteiger partial charge in [0, 0.05) is 6.04 Å². The standard InChI is InChI=1S/C20H23FN4O3/c1-12-18(22-23-24(12)11-13-6-8-15(21)9-7-13)19(26)25-16-5-3-2-4-14(16)10-17(25)20(27)28/h6-9,14,16-17H,2-5,10-11H2,1H3,(H,27,28). The Hall–Kier alpha value is -2.77. The molecule has 0 spiro atoms.